The molecule has 0 unspecified atom stereocenters. The molecule has 26 heavy (non-hydrogen) atoms. The Morgan fingerprint density at radius 3 is 3.00 bits per heavy atom. The number of pyridine rings is 1. The summed E-state index contributed by atoms with van der Waals surface area (Å²) in [5.41, 5.74) is 2.81. The zero-order chi connectivity index (χ0) is 17.9. The zero-order valence-corrected chi connectivity index (χ0v) is 15.3. The maximum absolute atomic E-state index is 12.3. The van der Waals surface area contributed by atoms with E-state index in [4.69, 9.17) is 4.74 Å². The number of rotatable bonds is 4. The van der Waals surface area contributed by atoms with E-state index in [2.05, 4.69) is 25.9 Å². The van der Waals surface area contributed by atoms with Gasteiger partial charge in [-0.3, -0.25) is 9.69 Å². The molecule has 2 aliphatic rings. The van der Waals surface area contributed by atoms with Crippen LogP contribution in [0.1, 0.15) is 54.7 Å². The Morgan fingerprint density at radius 1 is 1.31 bits per heavy atom. The maximum Gasteiger partial charge on any atom is 0.255 e. The molecular formula is C20H26N4O2. The number of hydrogen-bond donors (Lipinski definition) is 1. The molecule has 1 fully saturated rings. The van der Waals surface area contributed by atoms with E-state index in [0.717, 1.165) is 55.1 Å². The van der Waals surface area contributed by atoms with E-state index < -0.39 is 0 Å². The highest BCUT2D eigenvalue weighted by Crippen LogP contribution is 2.26. The summed E-state index contributed by atoms with van der Waals surface area (Å²) < 4.78 is 6.22. The summed E-state index contributed by atoms with van der Waals surface area (Å²) in [7, 11) is 0. The van der Waals surface area contributed by atoms with Gasteiger partial charge in [0.2, 0.25) is 5.88 Å². The topological polar surface area (TPSA) is 71.1 Å². The van der Waals surface area contributed by atoms with Crippen LogP contribution in [0.4, 0.5) is 0 Å². The van der Waals surface area contributed by atoms with Gasteiger partial charge in [0.15, 0.2) is 0 Å². The van der Waals surface area contributed by atoms with Crippen LogP contribution in [0.3, 0.4) is 0 Å². The molecule has 1 aliphatic heterocycles. The summed E-state index contributed by atoms with van der Waals surface area (Å²) in [6.07, 6.45) is 8.92. The number of H-pyrrole nitrogens is 1. The first-order chi connectivity index (χ1) is 12.7. The Labute approximate surface area is 153 Å². The van der Waals surface area contributed by atoms with Gasteiger partial charge in [-0.1, -0.05) is 12.5 Å². The third-order valence-corrected chi connectivity index (χ3v) is 5.34. The van der Waals surface area contributed by atoms with Gasteiger partial charge >= 0.3 is 0 Å². The largest absolute Gasteiger partial charge is 0.474 e. The fourth-order valence-electron chi connectivity index (χ4n) is 3.97. The van der Waals surface area contributed by atoms with Crippen molar-refractivity contribution in [3.05, 3.63) is 51.3 Å². The number of hydrogen-bond acceptors (Lipinski definition) is 5. The number of ether oxygens (including phenoxy) is 1. The molecule has 2 aromatic rings. The lowest BCUT2D eigenvalue weighted by Gasteiger charge is -2.29. The first-order valence-electron chi connectivity index (χ1n) is 9.60. The van der Waals surface area contributed by atoms with Gasteiger partial charge in [0.1, 0.15) is 11.9 Å². The first kappa shape index (κ1) is 17.2. The summed E-state index contributed by atoms with van der Waals surface area (Å²) in [6.45, 7) is 4.08. The second-order valence-electron chi connectivity index (χ2n) is 7.38. The van der Waals surface area contributed by atoms with Gasteiger partial charge in [-0.15, -0.1) is 0 Å². The lowest BCUT2D eigenvalue weighted by Crippen LogP contribution is -2.35. The summed E-state index contributed by atoms with van der Waals surface area (Å²) in [5.74, 6) is 1.44. The quantitative estimate of drug-likeness (QED) is 0.914. The van der Waals surface area contributed by atoms with E-state index in [0.29, 0.717) is 12.4 Å². The predicted molar refractivity (Wildman–Crippen MR) is 99.2 cm³/mol. The molecule has 1 N–H and O–H groups in total. The van der Waals surface area contributed by atoms with Gasteiger partial charge in [0, 0.05) is 37.8 Å². The molecule has 0 bridgehead atoms. The molecule has 138 valence electrons. The van der Waals surface area contributed by atoms with E-state index in [-0.39, 0.29) is 11.7 Å². The highest BCUT2D eigenvalue weighted by atomic mass is 16.5. The standard InChI is InChI=1S/C20H26N4O2/c1-14-22-18-9-11-24(13-17(18)19(25)23-14)12-15-6-5-10-21-20(15)26-16-7-3-2-4-8-16/h5-6,10,16H,2-4,7-9,11-13H2,1H3,(H,22,23,25). The van der Waals surface area contributed by atoms with Gasteiger partial charge in [-0.25, -0.2) is 9.97 Å². The molecule has 3 heterocycles. The highest BCUT2D eigenvalue weighted by molar-refractivity contribution is 5.27. The Hall–Kier alpha value is -2.21. The summed E-state index contributed by atoms with van der Waals surface area (Å²) in [5, 5.41) is 0. The van der Waals surface area contributed by atoms with Gasteiger partial charge in [-0.2, -0.15) is 0 Å². The first-order valence-corrected chi connectivity index (χ1v) is 9.60. The zero-order valence-electron chi connectivity index (χ0n) is 15.3. The van der Waals surface area contributed by atoms with E-state index in [1.165, 1.54) is 19.3 Å². The number of aryl methyl sites for hydroxylation is 1. The Morgan fingerprint density at radius 2 is 2.15 bits per heavy atom. The van der Waals surface area contributed by atoms with Crippen molar-refractivity contribution in [1.29, 1.82) is 0 Å². The van der Waals surface area contributed by atoms with Crippen LogP contribution in [0.5, 0.6) is 5.88 Å². The smallest absolute Gasteiger partial charge is 0.255 e. The van der Waals surface area contributed by atoms with E-state index in [9.17, 15) is 4.79 Å². The van der Waals surface area contributed by atoms with Crippen LogP contribution in [0, 0.1) is 6.92 Å². The maximum atomic E-state index is 12.3. The number of aromatic nitrogens is 3. The second-order valence-corrected chi connectivity index (χ2v) is 7.38. The molecule has 2 aromatic heterocycles. The average Bonchev–Trinajstić information content (AvgIpc) is 2.65. The third-order valence-electron chi connectivity index (χ3n) is 5.34. The summed E-state index contributed by atoms with van der Waals surface area (Å²) >= 11 is 0. The van der Waals surface area contributed by atoms with Crippen molar-refractivity contribution >= 4 is 0 Å². The lowest BCUT2D eigenvalue weighted by atomic mass is 9.98. The van der Waals surface area contributed by atoms with Gasteiger partial charge in [-0.05, 0) is 38.7 Å². The number of nitrogens with one attached hydrogen (secondary N) is 1. The van der Waals surface area contributed by atoms with Crippen LogP contribution in [-0.2, 0) is 19.5 Å². The van der Waals surface area contributed by atoms with E-state index in [1.807, 2.05) is 13.0 Å². The molecule has 0 radical (unpaired) electrons. The number of aromatic amines is 1. The third kappa shape index (κ3) is 3.80. The normalized spacial score (nSPS) is 18.5. The van der Waals surface area contributed by atoms with E-state index in [1.54, 1.807) is 6.20 Å². The molecule has 4 rings (SSSR count). The molecule has 0 spiro atoms. The molecule has 0 saturated heterocycles. The van der Waals surface area contributed by atoms with Crippen molar-refractivity contribution < 1.29 is 4.74 Å². The van der Waals surface area contributed by atoms with Gasteiger partial charge < -0.3 is 9.72 Å². The lowest BCUT2D eigenvalue weighted by molar-refractivity contribution is 0.143. The Balaban J connectivity index is 1.48. The Bertz CT molecular complexity index is 827. The minimum Gasteiger partial charge on any atom is -0.474 e. The minimum absolute atomic E-state index is 0.0120. The summed E-state index contributed by atoms with van der Waals surface area (Å²) in [4.78, 5) is 26.3. The summed E-state index contributed by atoms with van der Waals surface area (Å²) in [6, 6.07) is 4.04. The average molecular weight is 354 g/mol. The van der Waals surface area contributed by atoms with Crippen LogP contribution in [0.25, 0.3) is 0 Å². The van der Waals surface area contributed by atoms with Gasteiger partial charge in [0.25, 0.3) is 5.56 Å². The van der Waals surface area contributed by atoms with Crippen LogP contribution < -0.4 is 10.3 Å². The van der Waals surface area contributed by atoms with Gasteiger partial charge in [0.05, 0.1) is 11.3 Å². The van der Waals surface area contributed by atoms with Crippen molar-refractivity contribution in [2.45, 2.75) is 64.6 Å². The number of nitrogens with zero attached hydrogens (tertiary/aromatic N) is 3. The molecule has 0 aromatic carbocycles. The van der Waals surface area contributed by atoms with Crippen molar-refractivity contribution in [2.24, 2.45) is 0 Å². The molecule has 1 aliphatic carbocycles. The second kappa shape index (κ2) is 7.58. The monoisotopic (exact) mass is 354 g/mol. The van der Waals surface area contributed by atoms with Crippen LogP contribution >= 0.6 is 0 Å². The van der Waals surface area contributed by atoms with Crippen LogP contribution in [0.15, 0.2) is 23.1 Å². The number of fused-ring (bicyclic) bond motifs is 1. The van der Waals surface area contributed by atoms with Crippen molar-refractivity contribution in [3.8, 4) is 5.88 Å². The molecule has 0 amide bonds. The van der Waals surface area contributed by atoms with Crippen LogP contribution in [0.2, 0.25) is 0 Å². The molecule has 6 nitrogen and oxygen atoms in total. The van der Waals surface area contributed by atoms with Crippen molar-refractivity contribution in [1.82, 2.24) is 19.9 Å². The molecule has 6 heteroatoms. The van der Waals surface area contributed by atoms with Crippen LogP contribution in [-0.4, -0.2) is 32.5 Å². The van der Waals surface area contributed by atoms with E-state index >= 15 is 0 Å². The molecular weight excluding hydrogens is 328 g/mol. The SMILES string of the molecule is Cc1nc2c(c(=O)[nH]1)CN(Cc1cccnc1OC1CCCCC1)CC2. The fraction of sp³-hybridized carbons (Fsp3) is 0.550. The van der Waals surface area contributed by atoms with Crippen molar-refractivity contribution in [2.75, 3.05) is 6.54 Å². The predicted octanol–water partition coefficient (Wildman–Crippen LogP) is 2.74. The minimum atomic E-state index is -0.0120. The fourth-order valence-corrected chi connectivity index (χ4v) is 3.97. The highest BCUT2D eigenvalue weighted by Gasteiger charge is 2.23. The molecule has 0 atom stereocenters. The van der Waals surface area contributed by atoms with Crippen molar-refractivity contribution in [3.63, 3.8) is 0 Å². The molecule has 1 saturated carbocycles. The Kier molecular flexibility index (Phi) is 5.02.